The summed E-state index contributed by atoms with van der Waals surface area (Å²) in [7, 11) is -3.63. The summed E-state index contributed by atoms with van der Waals surface area (Å²) in [6.07, 6.45) is 2.07. The Kier molecular flexibility index (Phi) is 6.44. The van der Waals surface area contributed by atoms with Gasteiger partial charge in [-0.05, 0) is 41.5 Å². The third-order valence-electron chi connectivity index (χ3n) is 5.42. The molecule has 0 saturated carbocycles. The van der Waals surface area contributed by atoms with Crippen LogP contribution in [0.2, 0.25) is 0 Å². The third kappa shape index (κ3) is 5.25. The summed E-state index contributed by atoms with van der Waals surface area (Å²) in [5.74, 6) is -0.0119. The maximum atomic E-state index is 12.7. The molecule has 29 heavy (non-hydrogen) atoms. The smallest absolute Gasteiger partial charge is 0.240 e. The quantitative estimate of drug-likeness (QED) is 0.776. The van der Waals surface area contributed by atoms with Gasteiger partial charge < -0.3 is 4.90 Å². The molecule has 1 atom stereocenters. The van der Waals surface area contributed by atoms with Gasteiger partial charge in [0.15, 0.2) is 0 Å². The second kappa shape index (κ2) is 8.67. The van der Waals surface area contributed by atoms with E-state index < -0.39 is 10.0 Å². The van der Waals surface area contributed by atoms with Crippen LogP contribution in [0.1, 0.15) is 57.2 Å². The highest BCUT2D eigenvalue weighted by Gasteiger charge is 2.29. The zero-order chi connectivity index (χ0) is 21.1. The SMILES string of the molecule is CC(C)(C)c1ccc(S(=O)(=O)NCCC(=O)N2CCCC2c2ccccc2)cc1. The molecule has 6 heteroatoms. The van der Waals surface area contributed by atoms with Crippen LogP contribution in [0.3, 0.4) is 0 Å². The van der Waals surface area contributed by atoms with E-state index in [9.17, 15) is 13.2 Å². The maximum absolute atomic E-state index is 12.7. The van der Waals surface area contributed by atoms with E-state index in [0.29, 0.717) is 0 Å². The fourth-order valence-corrected chi connectivity index (χ4v) is 4.77. The molecular formula is C23H30N2O3S. The lowest BCUT2D eigenvalue weighted by molar-refractivity contribution is -0.131. The number of carbonyl (C=O) groups excluding carboxylic acids is 1. The van der Waals surface area contributed by atoms with Crippen molar-refractivity contribution in [3.05, 3.63) is 65.7 Å². The first-order chi connectivity index (χ1) is 13.7. The number of hydrogen-bond acceptors (Lipinski definition) is 3. The molecule has 1 heterocycles. The summed E-state index contributed by atoms with van der Waals surface area (Å²) in [5, 5.41) is 0. The Morgan fingerprint density at radius 1 is 1.07 bits per heavy atom. The molecule has 3 rings (SSSR count). The second-order valence-electron chi connectivity index (χ2n) is 8.58. The molecule has 0 radical (unpaired) electrons. The molecular weight excluding hydrogens is 384 g/mol. The van der Waals surface area contributed by atoms with Crippen molar-refractivity contribution < 1.29 is 13.2 Å². The van der Waals surface area contributed by atoms with Gasteiger partial charge in [0.25, 0.3) is 0 Å². The van der Waals surface area contributed by atoms with Crippen LogP contribution in [-0.4, -0.2) is 32.3 Å². The number of hydrogen-bond donors (Lipinski definition) is 1. The molecule has 0 bridgehead atoms. The van der Waals surface area contributed by atoms with Crippen molar-refractivity contribution in [2.75, 3.05) is 13.1 Å². The van der Waals surface area contributed by atoms with Crippen LogP contribution < -0.4 is 4.72 Å². The summed E-state index contributed by atoms with van der Waals surface area (Å²) >= 11 is 0. The minimum absolute atomic E-state index is 0.0119. The Morgan fingerprint density at radius 2 is 1.72 bits per heavy atom. The molecule has 0 aromatic heterocycles. The van der Waals surface area contributed by atoms with E-state index >= 15 is 0 Å². The summed E-state index contributed by atoms with van der Waals surface area (Å²) < 4.78 is 27.7. The zero-order valence-corrected chi connectivity index (χ0v) is 18.2. The second-order valence-corrected chi connectivity index (χ2v) is 10.3. The van der Waals surface area contributed by atoms with Crippen molar-refractivity contribution in [2.45, 2.75) is 56.4 Å². The van der Waals surface area contributed by atoms with Crippen LogP contribution in [-0.2, 0) is 20.2 Å². The Bertz CT molecular complexity index is 932. The van der Waals surface area contributed by atoms with E-state index in [1.807, 2.05) is 47.4 Å². The summed E-state index contributed by atoms with van der Waals surface area (Å²) in [4.78, 5) is 14.8. The Labute approximate surface area is 174 Å². The molecule has 0 aliphatic carbocycles. The summed E-state index contributed by atoms with van der Waals surface area (Å²) in [6, 6.07) is 17.0. The Morgan fingerprint density at radius 3 is 2.34 bits per heavy atom. The number of nitrogens with zero attached hydrogens (tertiary/aromatic N) is 1. The predicted molar refractivity (Wildman–Crippen MR) is 115 cm³/mol. The minimum atomic E-state index is -3.63. The fraction of sp³-hybridized carbons (Fsp3) is 0.435. The van der Waals surface area contributed by atoms with Gasteiger partial charge in [-0.25, -0.2) is 13.1 Å². The van der Waals surface area contributed by atoms with Crippen LogP contribution in [0.15, 0.2) is 59.5 Å². The highest BCUT2D eigenvalue weighted by Crippen LogP contribution is 2.32. The van der Waals surface area contributed by atoms with Gasteiger partial charge in [0.1, 0.15) is 0 Å². The number of benzene rings is 2. The number of nitrogens with one attached hydrogen (secondary N) is 1. The molecule has 5 nitrogen and oxygen atoms in total. The molecule has 1 saturated heterocycles. The van der Waals surface area contributed by atoms with E-state index in [1.165, 1.54) is 0 Å². The van der Waals surface area contributed by atoms with Crippen LogP contribution in [0.25, 0.3) is 0 Å². The topological polar surface area (TPSA) is 66.5 Å². The van der Waals surface area contributed by atoms with Crippen LogP contribution in [0.4, 0.5) is 0 Å². The molecule has 1 aliphatic heterocycles. The first-order valence-electron chi connectivity index (χ1n) is 10.1. The molecule has 1 amide bonds. The number of rotatable bonds is 6. The largest absolute Gasteiger partial charge is 0.336 e. The first-order valence-corrected chi connectivity index (χ1v) is 11.6. The minimum Gasteiger partial charge on any atom is -0.336 e. The number of carbonyl (C=O) groups is 1. The Balaban J connectivity index is 1.58. The van der Waals surface area contributed by atoms with E-state index in [4.69, 9.17) is 0 Å². The van der Waals surface area contributed by atoms with Gasteiger partial charge in [0, 0.05) is 19.5 Å². The Hall–Kier alpha value is -2.18. The lowest BCUT2D eigenvalue weighted by Gasteiger charge is -2.25. The molecule has 2 aromatic carbocycles. The highest BCUT2D eigenvalue weighted by atomic mass is 32.2. The van der Waals surface area contributed by atoms with Gasteiger partial charge in [-0.3, -0.25) is 4.79 Å². The fourth-order valence-electron chi connectivity index (χ4n) is 3.74. The molecule has 0 spiro atoms. The number of sulfonamides is 1. The van der Waals surface area contributed by atoms with E-state index in [2.05, 4.69) is 25.5 Å². The first kappa shape index (κ1) is 21.5. The van der Waals surface area contributed by atoms with Gasteiger partial charge in [-0.1, -0.05) is 63.2 Å². The zero-order valence-electron chi connectivity index (χ0n) is 17.4. The molecule has 1 fully saturated rings. The van der Waals surface area contributed by atoms with Gasteiger partial charge in [0.05, 0.1) is 10.9 Å². The van der Waals surface area contributed by atoms with Crippen LogP contribution in [0.5, 0.6) is 0 Å². The molecule has 156 valence electrons. The predicted octanol–water partition coefficient (Wildman–Crippen LogP) is 4.02. The van der Waals surface area contributed by atoms with Gasteiger partial charge in [0.2, 0.25) is 15.9 Å². The van der Waals surface area contributed by atoms with Crippen LogP contribution >= 0.6 is 0 Å². The third-order valence-corrected chi connectivity index (χ3v) is 6.90. The maximum Gasteiger partial charge on any atom is 0.240 e. The van der Waals surface area contributed by atoms with E-state index in [-0.39, 0.29) is 35.2 Å². The standard InChI is InChI=1S/C23H30N2O3S/c1-23(2,3)19-11-13-20(14-12-19)29(27,28)24-16-15-22(26)25-17-7-10-21(25)18-8-5-4-6-9-18/h4-6,8-9,11-14,21,24H,7,10,15-17H2,1-3H3. The van der Waals surface area contributed by atoms with Crippen molar-refractivity contribution in [1.82, 2.24) is 9.62 Å². The average Bonchev–Trinajstić information content (AvgIpc) is 3.18. The van der Waals surface area contributed by atoms with Crippen molar-refractivity contribution in [3.8, 4) is 0 Å². The van der Waals surface area contributed by atoms with Crippen molar-refractivity contribution in [2.24, 2.45) is 0 Å². The average molecular weight is 415 g/mol. The van der Waals surface area contributed by atoms with Gasteiger partial charge >= 0.3 is 0 Å². The molecule has 1 N–H and O–H groups in total. The molecule has 2 aromatic rings. The van der Waals surface area contributed by atoms with Gasteiger partial charge in [-0.15, -0.1) is 0 Å². The summed E-state index contributed by atoms with van der Waals surface area (Å²) in [5.41, 5.74) is 2.18. The normalized spacial score (nSPS) is 17.5. The number of amides is 1. The van der Waals surface area contributed by atoms with Crippen LogP contribution in [0, 0.1) is 0 Å². The monoisotopic (exact) mass is 414 g/mol. The summed E-state index contributed by atoms with van der Waals surface area (Å²) in [6.45, 7) is 7.07. The van der Waals surface area contributed by atoms with E-state index in [1.54, 1.807) is 12.1 Å². The van der Waals surface area contributed by atoms with E-state index in [0.717, 1.165) is 30.5 Å². The highest BCUT2D eigenvalue weighted by molar-refractivity contribution is 7.89. The van der Waals surface area contributed by atoms with Crippen molar-refractivity contribution >= 4 is 15.9 Å². The van der Waals surface area contributed by atoms with Crippen molar-refractivity contribution in [3.63, 3.8) is 0 Å². The van der Waals surface area contributed by atoms with Gasteiger partial charge in [-0.2, -0.15) is 0 Å². The number of likely N-dealkylation sites (tertiary alicyclic amines) is 1. The lowest BCUT2D eigenvalue weighted by atomic mass is 9.87. The van der Waals surface area contributed by atoms with Crippen molar-refractivity contribution in [1.29, 1.82) is 0 Å². The molecule has 1 aliphatic rings. The molecule has 1 unspecified atom stereocenters. The lowest BCUT2D eigenvalue weighted by Crippen LogP contribution is -2.34.